The van der Waals surface area contributed by atoms with Crippen LogP contribution >= 0.6 is 47.8 Å². The Morgan fingerprint density at radius 3 is 2.29 bits per heavy atom. The zero-order valence-corrected chi connectivity index (χ0v) is 11.3. The first kappa shape index (κ1) is 10.3. The summed E-state index contributed by atoms with van der Waals surface area (Å²) in [5.74, 6) is -0.732. The zero-order chi connectivity index (χ0) is 10.5. The largest absolute Gasteiger partial charge is 0.288 e. The van der Waals surface area contributed by atoms with E-state index in [9.17, 15) is 9.59 Å². The van der Waals surface area contributed by atoms with Gasteiger partial charge in [0.05, 0.1) is 11.1 Å². The van der Waals surface area contributed by atoms with Gasteiger partial charge in [0.15, 0.2) is 0 Å². The van der Waals surface area contributed by atoms with Crippen LogP contribution in [0.3, 0.4) is 0 Å². The fraction of sp³-hybridized carbons (Fsp3) is 0. The number of carbonyl (C=O) groups is 2. The van der Waals surface area contributed by atoms with Crippen LogP contribution in [0.25, 0.3) is 0 Å². The van der Waals surface area contributed by atoms with Crippen molar-refractivity contribution in [2.24, 2.45) is 0 Å². The molecule has 1 aliphatic rings. The number of imide groups is 1. The molecule has 72 valence electrons. The lowest BCUT2D eigenvalue weighted by Gasteiger charge is -2.03. The molecular formula is C8H2Br3NO2. The van der Waals surface area contributed by atoms with Gasteiger partial charge in [-0.2, -0.15) is 0 Å². The first-order valence-corrected chi connectivity index (χ1v) is 5.93. The van der Waals surface area contributed by atoms with Gasteiger partial charge < -0.3 is 0 Å². The minimum atomic E-state index is -0.370. The molecule has 0 bridgehead atoms. The summed E-state index contributed by atoms with van der Waals surface area (Å²) in [5, 5.41) is 2.23. The van der Waals surface area contributed by atoms with Crippen molar-refractivity contribution in [2.45, 2.75) is 0 Å². The van der Waals surface area contributed by atoms with Crippen molar-refractivity contribution in [2.75, 3.05) is 0 Å². The van der Waals surface area contributed by atoms with Gasteiger partial charge in [-0.05, 0) is 53.9 Å². The van der Waals surface area contributed by atoms with E-state index in [1.54, 1.807) is 6.07 Å². The Morgan fingerprint density at radius 2 is 1.64 bits per heavy atom. The van der Waals surface area contributed by atoms with Crippen LogP contribution in [-0.4, -0.2) is 11.8 Å². The second kappa shape index (κ2) is 3.43. The molecule has 0 spiro atoms. The SMILES string of the molecule is O=C1NC(=O)c2c1cc(Br)c(Br)c2Br. The number of nitrogens with one attached hydrogen (secondary N) is 1. The highest BCUT2D eigenvalue weighted by atomic mass is 79.9. The number of amides is 2. The van der Waals surface area contributed by atoms with Crippen LogP contribution in [0.1, 0.15) is 20.7 Å². The molecule has 0 unspecified atom stereocenters. The lowest BCUT2D eigenvalue weighted by Crippen LogP contribution is -2.20. The molecule has 0 fully saturated rings. The summed E-state index contributed by atoms with van der Waals surface area (Å²) < 4.78 is 2.04. The Morgan fingerprint density at radius 1 is 1.00 bits per heavy atom. The lowest BCUT2D eigenvalue weighted by atomic mass is 10.1. The van der Waals surface area contributed by atoms with Crippen LogP contribution in [0, 0.1) is 0 Å². The van der Waals surface area contributed by atoms with Gasteiger partial charge in [-0.25, -0.2) is 0 Å². The molecule has 2 amide bonds. The molecule has 14 heavy (non-hydrogen) atoms. The number of fused-ring (bicyclic) bond motifs is 1. The second-order valence-corrected chi connectivity index (χ2v) is 5.13. The van der Waals surface area contributed by atoms with E-state index in [0.717, 1.165) is 8.95 Å². The Labute approximate surface area is 105 Å². The van der Waals surface area contributed by atoms with Crippen molar-refractivity contribution in [1.82, 2.24) is 5.32 Å². The standard InChI is InChI=1S/C8H2Br3NO2/c9-3-1-2-4(6(11)5(3)10)8(14)12-7(2)13/h1H,(H,12,13,14). The van der Waals surface area contributed by atoms with Crippen LogP contribution in [0.5, 0.6) is 0 Å². The van der Waals surface area contributed by atoms with Crippen LogP contribution in [-0.2, 0) is 0 Å². The van der Waals surface area contributed by atoms with Gasteiger partial charge in [0.2, 0.25) is 0 Å². The van der Waals surface area contributed by atoms with E-state index in [4.69, 9.17) is 0 Å². The summed E-state index contributed by atoms with van der Waals surface area (Å²) in [4.78, 5) is 22.7. The van der Waals surface area contributed by atoms with Crippen LogP contribution in [0.15, 0.2) is 19.5 Å². The van der Waals surface area contributed by atoms with Crippen LogP contribution in [0.2, 0.25) is 0 Å². The second-order valence-electron chi connectivity index (χ2n) is 2.69. The van der Waals surface area contributed by atoms with E-state index < -0.39 is 0 Å². The lowest BCUT2D eigenvalue weighted by molar-refractivity contribution is 0.0879. The molecule has 0 saturated carbocycles. The minimum Gasteiger partial charge on any atom is -0.288 e. The zero-order valence-electron chi connectivity index (χ0n) is 6.53. The van der Waals surface area contributed by atoms with Crippen molar-refractivity contribution >= 4 is 59.6 Å². The third-order valence-corrected chi connectivity index (χ3v) is 5.17. The molecule has 1 heterocycles. The minimum absolute atomic E-state index is 0.362. The van der Waals surface area contributed by atoms with E-state index in [1.165, 1.54) is 0 Å². The molecule has 1 aromatic carbocycles. The monoisotopic (exact) mass is 381 g/mol. The quantitative estimate of drug-likeness (QED) is 0.553. The fourth-order valence-corrected chi connectivity index (χ4v) is 2.84. The highest BCUT2D eigenvalue weighted by Gasteiger charge is 2.30. The van der Waals surface area contributed by atoms with E-state index >= 15 is 0 Å². The molecule has 0 saturated heterocycles. The van der Waals surface area contributed by atoms with E-state index in [0.29, 0.717) is 15.6 Å². The molecule has 6 heteroatoms. The highest BCUT2D eigenvalue weighted by Crippen LogP contribution is 2.37. The van der Waals surface area contributed by atoms with E-state index in [1.807, 2.05) is 0 Å². The third-order valence-electron chi connectivity index (χ3n) is 1.86. The van der Waals surface area contributed by atoms with Crippen molar-refractivity contribution in [3.63, 3.8) is 0 Å². The summed E-state index contributed by atoms with van der Waals surface area (Å²) in [5.41, 5.74) is 0.766. The third kappa shape index (κ3) is 1.36. The number of carbonyl (C=O) groups excluding carboxylic acids is 2. The summed E-state index contributed by atoms with van der Waals surface area (Å²) in [6.07, 6.45) is 0. The Balaban J connectivity index is 2.82. The molecule has 1 N–H and O–H groups in total. The smallest absolute Gasteiger partial charge is 0.260 e. The number of halogens is 3. The summed E-state index contributed by atoms with van der Waals surface area (Å²) >= 11 is 9.83. The van der Waals surface area contributed by atoms with Gasteiger partial charge in [-0.3, -0.25) is 14.9 Å². The average Bonchev–Trinajstić information content (AvgIpc) is 2.38. The Hall–Kier alpha value is -0.200. The maximum absolute atomic E-state index is 11.4. The Kier molecular flexibility index (Phi) is 2.53. The van der Waals surface area contributed by atoms with Gasteiger partial charge in [0.25, 0.3) is 11.8 Å². The van der Waals surface area contributed by atoms with Gasteiger partial charge in [-0.1, -0.05) is 0 Å². The number of rotatable bonds is 0. The first-order chi connectivity index (χ1) is 6.52. The normalized spacial score (nSPS) is 14.2. The van der Waals surface area contributed by atoms with Gasteiger partial charge in [0, 0.05) is 13.4 Å². The van der Waals surface area contributed by atoms with Crippen molar-refractivity contribution in [1.29, 1.82) is 0 Å². The maximum Gasteiger partial charge on any atom is 0.260 e. The maximum atomic E-state index is 11.4. The molecule has 0 radical (unpaired) electrons. The first-order valence-electron chi connectivity index (χ1n) is 3.55. The molecule has 3 nitrogen and oxygen atoms in total. The molecule has 0 aliphatic carbocycles. The highest BCUT2D eigenvalue weighted by molar-refractivity contribution is 9.14. The predicted molar refractivity (Wildman–Crippen MR) is 61.3 cm³/mol. The molecule has 1 aliphatic heterocycles. The summed E-state index contributed by atoms with van der Waals surface area (Å²) in [7, 11) is 0. The molecule has 2 rings (SSSR count). The average molecular weight is 384 g/mol. The molecule has 0 aromatic heterocycles. The summed E-state index contributed by atoms with van der Waals surface area (Å²) in [6.45, 7) is 0. The number of hydrogen-bond donors (Lipinski definition) is 1. The van der Waals surface area contributed by atoms with Crippen molar-refractivity contribution in [3.8, 4) is 0 Å². The Bertz CT molecular complexity index is 470. The number of hydrogen-bond acceptors (Lipinski definition) is 2. The fourth-order valence-electron chi connectivity index (χ4n) is 1.23. The summed E-state index contributed by atoms with van der Waals surface area (Å²) in [6, 6.07) is 1.62. The van der Waals surface area contributed by atoms with Gasteiger partial charge in [-0.15, -0.1) is 0 Å². The molecule has 1 aromatic rings. The number of benzene rings is 1. The van der Waals surface area contributed by atoms with E-state index in [2.05, 4.69) is 53.1 Å². The van der Waals surface area contributed by atoms with Crippen molar-refractivity contribution in [3.05, 3.63) is 30.6 Å². The topological polar surface area (TPSA) is 46.2 Å². The van der Waals surface area contributed by atoms with Crippen molar-refractivity contribution < 1.29 is 9.59 Å². The van der Waals surface area contributed by atoms with Gasteiger partial charge >= 0.3 is 0 Å². The molecule has 0 atom stereocenters. The predicted octanol–water partition coefficient (Wildman–Crippen LogP) is 2.86. The molecular weight excluding hydrogens is 382 g/mol. The van der Waals surface area contributed by atoms with Gasteiger partial charge in [0.1, 0.15) is 0 Å². The van der Waals surface area contributed by atoms with Crippen LogP contribution in [0.4, 0.5) is 0 Å². The van der Waals surface area contributed by atoms with E-state index in [-0.39, 0.29) is 11.8 Å². The van der Waals surface area contributed by atoms with Crippen LogP contribution < -0.4 is 5.32 Å².